The van der Waals surface area contributed by atoms with Crippen molar-refractivity contribution < 1.29 is 191 Å². The Bertz CT molecular complexity index is 4000. The molecule has 2 aromatic carbocycles. The van der Waals surface area contributed by atoms with Gasteiger partial charge in [-0.1, -0.05) is 48.5 Å². The molecule has 5 fully saturated rings. The predicted molar refractivity (Wildman–Crippen MR) is 385 cm³/mol. The van der Waals surface area contributed by atoms with E-state index in [0.717, 1.165) is 119 Å². The number of aliphatic carboxylic acids is 1. The molecule has 656 valence electrons. The van der Waals surface area contributed by atoms with Crippen molar-refractivity contribution in [3.05, 3.63) is 59.7 Å². The highest BCUT2D eigenvalue weighted by atomic mass is 16.8. The molecule has 5 heterocycles. The van der Waals surface area contributed by atoms with Crippen molar-refractivity contribution >= 4 is 95.5 Å². The smallest absolute Gasteiger partial charge is 0.407 e. The van der Waals surface area contributed by atoms with E-state index in [1.807, 2.05) is 36.4 Å². The van der Waals surface area contributed by atoms with Crippen LogP contribution in [0.1, 0.15) is 128 Å². The van der Waals surface area contributed by atoms with E-state index < -0.39 is 287 Å². The average molecular weight is 1690 g/mol. The van der Waals surface area contributed by atoms with Crippen molar-refractivity contribution in [2.75, 3.05) is 33.0 Å². The Kier molecular flexibility index (Phi) is 33.4. The summed E-state index contributed by atoms with van der Waals surface area (Å²) in [4.78, 5) is 213. The molecule has 5 saturated heterocycles. The summed E-state index contributed by atoms with van der Waals surface area (Å²) in [6.45, 7) is 11.5. The van der Waals surface area contributed by atoms with Crippen molar-refractivity contribution in [3.8, 4) is 11.1 Å². The maximum Gasteiger partial charge on any atom is 0.407 e. The highest BCUT2D eigenvalue weighted by Gasteiger charge is 2.63. The lowest BCUT2D eigenvalue weighted by Crippen LogP contribution is -2.73. The number of nitrogens with one attached hydrogen (secondary N) is 3. The number of benzene rings is 2. The van der Waals surface area contributed by atoms with Crippen LogP contribution in [0, 0.1) is 0 Å². The number of carboxylic acid groups (broad SMARTS) is 1. The third-order valence-corrected chi connectivity index (χ3v) is 18.7. The minimum atomic E-state index is -2.42. The van der Waals surface area contributed by atoms with Gasteiger partial charge in [-0.05, 0) is 36.1 Å². The topological polar surface area (TPSA) is 542 Å². The number of fused-ring (bicyclic) bond motifs is 3. The van der Waals surface area contributed by atoms with Gasteiger partial charge in [0.2, 0.25) is 11.8 Å². The van der Waals surface area contributed by atoms with Crippen molar-refractivity contribution in [2.24, 2.45) is 0 Å². The number of esters is 12. The largest absolute Gasteiger partial charge is 0.480 e. The van der Waals surface area contributed by atoms with Crippen LogP contribution in [0.4, 0.5) is 4.79 Å². The molecule has 4 N–H and O–H groups in total. The number of rotatable bonds is 32. The van der Waals surface area contributed by atoms with Crippen LogP contribution in [0.2, 0.25) is 0 Å². The van der Waals surface area contributed by atoms with Gasteiger partial charge in [-0.3, -0.25) is 67.1 Å². The summed E-state index contributed by atoms with van der Waals surface area (Å²) in [5.74, 6) is -17.0. The zero-order valence-corrected chi connectivity index (χ0v) is 67.6. The monoisotopic (exact) mass is 1690 g/mol. The molecule has 0 saturated carbocycles. The second-order valence-electron chi connectivity index (χ2n) is 28.2. The summed E-state index contributed by atoms with van der Waals surface area (Å²) in [5, 5.41) is 18.1. The Balaban J connectivity index is 1.33. The van der Waals surface area contributed by atoms with Crippen molar-refractivity contribution in [2.45, 2.75) is 276 Å². The van der Waals surface area contributed by atoms with E-state index >= 15 is 0 Å². The molecule has 6 aliphatic rings. The first-order valence-corrected chi connectivity index (χ1v) is 37.4. The van der Waals surface area contributed by atoms with E-state index in [1.54, 1.807) is 12.1 Å². The minimum Gasteiger partial charge on any atom is -0.480 e. The third-order valence-electron chi connectivity index (χ3n) is 18.7. The Morgan fingerprint density at radius 2 is 0.647 bits per heavy atom. The van der Waals surface area contributed by atoms with E-state index in [0.29, 0.717) is 0 Å². The molecule has 0 spiro atoms. The maximum absolute atomic E-state index is 14.4. The lowest BCUT2D eigenvalue weighted by Gasteiger charge is -2.53. The Morgan fingerprint density at radius 3 is 1.05 bits per heavy atom. The molecule has 8 rings (SSSR count). The molecule has 43 heteroatoms. The molecule has 3 amide bonds. The minimum absolute atomic E-state index is 0.279. The lowest BCUT2D eigenvalue weighted by molar-refractivity contribution is -0.396. The van der Waals surface area contributed by atoms with Crippen LogP contribution in [0.15, 0.2) is 48.5 Å². The molecule has 0 radical (unpaired) electrons. The van der Waals surface area contributed by atoms with E-state index in [-0.39, 0.29) is 6.61 Å². The van der Waals surface area contributed by atoms with Gasteiger partial charge in [0, 0.05) is 103 Å². The number of hydrogen-bond acceptors (Lipinski definition) is 39. The Hall–Kier alpha value is -10.6. The quantitative estimate of drug-likeness (QED) is 0.0565. The number of alkyl carbamates (subject to hydrolysis) is 1. The van der Waals surface area contributed by atoms with Crippen LogP contribution < -0.4 is 16.0 Å². The zero-order valence-electron chi connectivity index (χ0n) is 67.6. The highest BCUT2D eigenvalue weighted by molar-refractivity contribution is 5.82. The summed E-state index contributed by atoms with van der Waals surface area (Å²) < 4.78 is 140. The van der Waals surface area contributed by atoms with Gasteiger partial charge in [0.15, 0.2) is 98.5 Å². The SMILES string of the molecule is CC(=O)N[C@H]1[C@H](OC[C@H](NC(=O)OCC2c3ccccc3-c3ccccc32)C(=O)O)O[C@H](COC(C)=O)[C@H](OC(C)=O)[C@@H]1O[C@@H]1O[C@H](COC(C)=O)[C@@H](O[C@@H]2O[C@H](COC(C)=O)[C@H](OC(C)=O)[C@H](OC(C)=O)[C@H]2O[C@@H]2O[C@@H](C)[C@@H](OC(C)=O)[C@@H](OC(C)=O)[C@@H]2OC(C)=O)[C@H](O[C@@H]2O[C@@H](C)[C@@H](OC(C)=O)[C@@H](OC(C)=O)[C@@H]2OC(C)=O)[C@H]1NC(C)=O. The second-order valence-corrected chi connectivity index (χ2v) is 28.2. The summed E-state index contributed by atoms with van der Waals surface area (Å²) in [6.07, 6.45) is -47.4. The number of amides is 3. The van der Waals surface area contributed by atoms with E-state index in [2.05, 4.69) is 16.0 Å². The van der Waals surface area contributed by atoms with E-state index in [9.17, 15) is 81.8 Å². The highest BCUT2D eigenvalue weighted by Crippen LogP contribution is 2.46. The van der Waals surface area contributed by atoms with Gasteiger partial charge in [-0.2, -0.15) is 0 Å². The lowest BCUT2D eigenvalue weighted by atomic mass is 9.92. The summed E-state index contributed by atoms with van der Waals surface area (Å²) >= 11 is 0. The van der Waals surface area contributed by atoms with Gasteiger partial charge in [0.25, 0.3) is 0 Å². The number of hydrogen-bond donors (Lipinski definition) is 4. The maximum atomic E-state index is 14.4. The van der Waals surface area contributed by atoms with E-state index in [1.165, 1.54) is 13.8 Å². The van der Waals surface area contributed by atoms with Gasteiger partial charge in [-0.15, -0.1) is 0 Å². The molecule has 0 unspecified atom stereocenters. The molecular weight excluding hydrogens is 1590 g/mol. The summed E-state index contributed by atoms with van der Waals surface area (Å²) in [7, 11) is 0. The molecule has 5 aliphatic heterocycles. The van der Waals surface area contributed by atoms with Crippen LogP contribution in [-0.4, -0.2) is 293 Å². The number of carbonyl (C=O) groups excluding carboxylic acids is 15. The standard InChI is InChI=1S/C76H97N3O40/c1-30-57(104-37(8)85)64(108-41(12)89)67(111-44(15)92)73(102-30)118-63-56(78-33(4)81)72(117-62-55(77-32(3)80)71(113-52(27-97-34(5)82)59(62)106-39(10)87)100-26-51(70(94)95)79-76(96)101-25-50-48-23-19-17-21-46(48)47-22-18-20-24-49(47)50)114-53(28-98-35(6)83)60(63)116-75-69(66(110-43(14)91)61(107-40(11)88)54(115-75)29-99-36(7)84)119-74-68(112-45(16)93)65(109-42(13)90)58(31(2)103-74)105-38(9)86/h17-24,30-31,50-69,71-75H,25-29H2,1-16H3,(H,77,80)(H,78,81)(H,79,96)(H,94,95)/t30-,31-,51-,52+,53+,54+,55+,56+,57+,58+,59-,60+,61-,62+,63+,64+,65+,66-,67-,68-,69+,71+,72-,73-,74-,75-/m0/s1. The first kappa shape index (κ1) is 93.9. The molecule has 119 heavy (non-hydrogen) atoms. The first-order valence-electron chi connectivity index (χ1n) is 37.4. The zero-order chi connectivity index (χ0) is 87.7. The number of carbonyl (C=O) groups is 16. The van der Waals surface area contributed by atoms with Gasteiger partial charge in [0.1, 0.15) is 75.1 Å². The van der Waals surface area contributed by atoms with Crippen molar-refractivity contribution in [1.29, 1.82) is 0 Å². The number of ether oxygens (including phenoxy) is 23. The normalized spacial score (nSPS) is 30.9. The average Bonchev–Trinajstić information content (AvgIpc) is 1.24. The molecular formula is C76H97N3O40. The van der Waals surface area contributed by atoms with Gasteiger partial charge >= 0.3 is 83.7 Å². The molecule has 26 atom stereocenters. The van der Waals surface area contributed by atoms with Crippen LogP contribution >= 0.6 is 0 Å². The predicted octanol–water partition coefficient (Wildman–Crippen LogP) is 0.284. The summed E-state index contributed by atoms with van der Waals surface area (Å²) in [6, 6.07) is 8.59. The summed E-state index contributed by atoms with van der Waals surface area (Å²) in [5.41, 5.74) is 3.40. The van der Waals surface area contributed by atoms with Gasteiger partial charge in [-0.25, -0.2) is 9.59 Å². The first-order chi connectivity index (χ1) is 56.1. The Morgan fingerprint density at radius 1 is 0.336 bits per heavy atom. The van der Waals surface area contributed by atoms with Gasteiger partial charge < -0.3 is 130 Å². The fourth-order valence-electron chi connectivity index (χ4n) is 14.4. The van der Waals surface area contributed by atoms with Crippen LogP contribution in [0.25, 0.3) is 11.1 Å². The van der Waals surface area contributed by atoms with Crippen LogP contribution in [0.3, 0.4) is 0 Å². The Labute approximate surface area is 679 Å². The molecule has 43 nitrogen and oxygen atoms in total. The van der Waals surface area contributed by atoms with Gasteiger partial charge in [0.05, 0.1) is 18.8 Å². The second kappa shape index (κ2) is 42.3. The molecule has 2 aromatic rings. The molecule has 0 aromatic heterocycles. The van der Waals surface area contributed by atoms with Crippen LogP contribution in [-0.2, 0) is 181 Å². The fraction of sp³-hybridized carbons (Fsp3) is 0.632. The third kappa shape index (κ3) is 25.5. The fourth-order valence-corrected chi connectivity index (χ4v) is 14.4. The molecule has 0 bridgehead atoms. The number of carboxylic acids is 1. The van der Waals surface area contributed by atoms with Crippen molar-refractivity contribution in [1.82, 2.24) is 16.0 Å². The van der Waals surface area contributed by atoms with Crippen LogP contribution in [0.5, 0.6) is 0 Å². The molecule has 1 aliphatic carbocycles. The van der Waals surface area contributed by atoms with Crippen molar-refractivity contribution in [3.63, 3.8) is 0 Å². The van der Waals surface area contributed by atoms with E-state index in [4.69, 9.17) is 109 Å².